The van der Waals surface area contributed by atoms with Gasteiger partial charge in [0.25, 0.3) is 0 Å². The number of nitrogens with one attached hydrogen (secondary N) is 2. The van der Waals surface area contributed by atoms with Crippen LogP contribution < -0.4 is 16.4 Å². The molecule has 0 aliphatic rings. The molecule has 1 heterocycles. The minimum atomic E-state index is -0.200. The number of phenols is 1. The first kappa shape index (κ1) is 17.3. The lowest BCUT2D eigenvalue weighted by Crippen LogP contribution is -2.46. The van der Waals surface area contributed by atoms with Crippen molar-refractivity contribution in [3.05, 3.63) is 52.2 Å². The first-order chi connectivity index (χ1) is 11.0. The highest BCUT2D eigenvalue weighted by Crippen LogP contribution is 2.11. The van der Waals surface area contributed by atoms with Crippen molar-refractivity contribution in [1.29, 1.82) is 0 Å². The highest BCUT2D eigenvalue weighted by Gasteiger charge is 2.10. The Morgan fingerprint density at radius 1 is 1.22 bits per heavy atom. The van der Waals surface area contributed by atoms with Crippen molar-refractivity contribution in [2.75, 3.05) is 6.54 Å². The van der Waals surface area contributed by atoms with E-state index in [9.17, 15) is 9.90 Å². The number of rotatable bonds is 7. The molecule has 0 radical (unpaired) electrons. The number of phenolic OH excluding ortho intramolecular Hbond substituents is 1. The number of hydrogen-bond donors (Lipinski definition) is 4. The van der Waals surface area contributed by atoms with Crippen LogP contribution in [0.25, 0.3) is 0 Å². The number of thiophene rings is 1. The molecule has 2 aromatic rings. The Hall–Kier alpha value is -2.05. The summed E-state index contributed by atoms with van der Waals surface area (Å²) >= 11 is 1.66. The van der Waals surface area contributed by atoms with Crippen LogP contribution in [0.15, 0.2) is 41.1 Å². The summed E-state index contributed by atoms with van der Waals surface area (Å²) in [6.07, 6.45) is 1.46. The fraction of sp³-hybridized carbons (Fsp3) is 0.353. The molecule has 2 atom stereocenters. The van der Waals surface area contributed by atoms with Gasteiger partial charge in [0.05, 0.1) is 0 Å². The second-order valence-corrected chi connectivity index (χ2v) is 6.50. The number of amides is 2. The molecule has 5 nitrogen and oxygen atoms in total. The molecule has 0 saturated heterocycles. The van der Waals surface area contributed by atoms with Crippen molar-refractivity contribution >= 4 is 17.4 Å². The van der Waals surface area contributed by atoms with E-state index in [1.54, 1.807) is 23.5 Å². The van der Waals surface area contributed by atoms with Gasteiger partial charge in [0, 0.05) is 18.6 Å². The molecule has 2 rings (SSSR count). The first-order valence-corrected chi connectivity index (χ1v) is 8.56. The van der Waals surface area contributed by atoms with Crippen LogP contribution in [0.5, 0.6) is 5.75 Å². The third-order valence-corrected chi connectivity index (χ3v) is 4.19. The maximum atomic E-state index is 11.9. The molecule has 0 aliphatic carbocycles. The lowest BCUT2D eigenvalue weighted by atomic mass is 10.1. The van der Waals surface area contributed by atoms with Crippen LogP contribution in [-0.4, -0.2) is 29.8 Å². The van der Waals surface area contributed by atoms with Gasteiger partial charge >= 0.3 is 6.03 Å². The number of urea groups is 1. The zero-order chi connectivity index (χ0) is 16.7. The maximum Gasteiger partial charge on any atom is 0.315 e. The Kier molecular flexibility index (Phi) is 6.43. The van der Waals surface area contributed by atoms with Gasteiger partial charge in [-0.05, 0) is 59.9 Å². The zero-order valence-corrected chi connectivity index (χ0v) is 14.0. The van der Waals surface area contributed by atoms with Crippen LogP contribution in [0.4, 0.5) is 4.79 Å². The van der Waals surface area contributed by atoms with E-state index in [-0.39, 0.29) is 23.9 Å². The molecular weight excluding hydrogens is 310 g/mol. The number of hydrogen-bond acceptors (Lipinski definition) is 4. The van der Waals surface area contributed by atoms with E-state index in [1.807, 2.05) is 24.4 Å². The molecule has 6 heteroatoms. The van der Waals surface area contributed by atoms with Crippen molar-refractivity contribution in [2.24, 2.45) is 5.73 Å². The number of aromatic hydroxyl groups is 1. The van der Waals surface area contributed by atoms with Crippen LogP contribution in [0.2, 0.25) is 0 Å². The van der Waals surface area contributed by atoms with Crippen LogP contribution in [0.1, 0.15) is 18.1 Å². The van der Waals surface area contributed by atoms with Gasteiger partial charge in [0.15, 0.2) is 0 Å². The molecule has 124 valence electrons. The third-order valence-electron chi connectivity index (χ3n) is 3.46. The zero-order valence-electron chi connectivity index (χ0n) is 13.2. The van der Waals surface area contributed by atoms with E-state index in [4.69, 9.17) is 5.73 Å². The topological polar surface area (TPSA) is 87.4 Å². The van der Waals surface area contributed by atoms with E-state index in [0.717, 1.165) is 12.0 Å². The minimum absolute atomic E-state index is 0.0675. The fourth-order valence-corrected chi connectivity index (χ4v) is 3.00. The quantitative estimate of drug-likeness (QED) is 0.627. The molecular formula is C17H23N3O2S. The molecule has 5 N–H and O–H groups in total. The second kappa shape index (κ2) is 8.55. The summed E-state index contributed by atoms with van der Waals surface area (Å²) in [6, 6.07) is 8.69. The molecule has 0 aliphatic heterocycles. The highest BCUT2D eigenvalue weighted by atomic mass is 32.1. The largest absolute Gasteiger partial charge is 0.508 e. The van der Waals surface area contributed by atoms with Crippen molar-refractivity contribution in [1.82, 2.24) is 10.6 Å². The predicted octanol–water partition coefficient (Wildman–Crippen LogP) is 2.25. The summed E-state index contributed by atoms with van der Waals surface area (Å²) in [5, 5.41) is 19.1. The molecule has 0 spiro atoms. The lowest BCUT2D eigenvalue weighted by Gasteiger charge is -2.16. The summed E-state index contributed by atoms with van der Waals surface area (Å²) < 4.78 is 0. The third kappa shape index (κ3) is 6.30. The standard InChI is InChI=1S/C17H23N3O2S/c1-12(8-14-6-7-23-11-14)20-17(22)19-10-15(18)9-13-2-4-16(21)5-3-13/h2-7,11-12,15,21H,8-10,18H2,1H3,(H2,19,20,22)/t12-,15?/m0/s1. The monoisotopic (exact) mass is 333 g/mol. The molecule has 23 heavy (non-hydrogen) atoms. The Balaban J connectivity index is 1.67. The van der Waals surface area contributed by atoms with Gasteiger partial charge in [-0.2, -0.15) is 11.3 Å². The van der Waals surface area contributed by atoms with Gasteiger partial charge in [-0.15, -0.1) is 0 Å². The minimum Gasteiger partial charge on any atom is -0.508 e. The lowest BCUT2D eigenvalue weighted by molar-refractivity contribution is 0.237. The number of carbonyl (C=O) groups is 1. The Bertz CT molecular complexity index is 599. The number of nitrogens with two attached hydrogens (primary N) is 1. The average Bonchev–Trinajstić information content (AvgIpc) is 3.00. The van der Waals surface area contributed by atoms with Crippen molar-refractivity contribution in [3.8, 4) is 5.75 Å². The summed E-state index contributed by atoms with van der Waals surface area (Å²) in [4.78, 5) is 11.9. The van der Waals surface area contributed by atoms with Gasteiger partial charge in [-0.1, -0.05) is 12.1 Å². The molecule has 1 aromatic carbocycles. The molecule has 1 aromatic heterocycles. The average molecular weight is 333 g/mol. The van der Waals surface area contributed by atoms with Crippen LogP contribution >= 0.6 is 11.3 Å². The Labute approximate surface area is 140 Å². The number of carbonyl (C=O) groups excluding carboxylic acids is 1. The van der Waals surface area contributed by atoms with E-state index >= 15 is 0 Å². The van der Waals surface area contributed by atoms with Crippen LogP contribution in [0, 0.1) is 0 Å². The normalized spacial score (nSPS) is 13.3. The van der Waals surface area contributed by atoms with Crippen LogP contribution in [0.3, 0.4) is 0 Å². The molecule has 2 amide bonds. The Morgan fingerprint density at radius 2 is 1.96 bits per heavy atom. The van der Waals surface area contributed by atoms with Crippen molar-refractivity contribution < 1.29 is 9.90 Å². The SMILES string of the molecule is C[C@@H](Cc1ccsc1)NC(=O)NCC(N)Cc1ccc(O)cc1. The molecule has 1 unspecified atom stereocenters. The highest BCUT2D eigenvalue weighted by molar-refractivity contribution is 7.07. The first-order valence-electron chi connectivity index (χ1n) is 7.62. The van der Waals surface area contributed by atoms with E-state index < -0.39 is 0 Å². The summed E-state index contributed by atoms with van der Waals surface area (Å²) in [5.74, 6) is 0.236. The van der Waals surface area contributed by atoms with Gasteiger partial charge in [0.2, 0.25) is 0 Å². The summed E-state index contributed by atoms with van der Waals surface area (Å²) in [6.45, 7) is 2.38. The fourth-order valence-electron chi connectivity index (χ4n) is 2.32. The van der Waals surface area contributed by atoms with E-state index in [1.165, 1.54) is 5.56 Å². The predicted molar refractivity (Wildman–Crippen MR) is 93.8 cm³/mol. The second-order valence-electron chi connectivity index (χ2n) is 5.72. The van der Waals surface area contributed by atoms with Crippen molar-refractivity contribution in [2.45, 2.75) is 31.8 Å². The molecule has 0 fully saturated rings. The van der Waals surface area contributed by atoms with E-state index in [2.05, 4.69) is 22.1 Å². The summed E-state index contributed by atoms with van der Waals surface area (Å²) in [7, 11) is 0. The van der Waals surface area contributed by atoms with Gasteiger partial charge in [-0.3, -0.25) is 0 Å². The van der Waals surface area contributed by atoms with Gasteiger partial charge in [0.1, 0.15) is 5.75 Å². The van der Waals surface area contributed by atoms with Gasteiger partial charge in [-0.25, -0.2) is 4.79 Å². The van der Waals surface area contributed by atoms with Crippen LogP contribution in [-0.2, 0) is 12.8 Å². The van der Waals surface area contributed by atoms with E-state index in [0.29, 0.717) is 13.0 Å². The smallest absolute Gasteiger partial charge is 0.315 e. The maximum absolute atomic E-state index is 11.9. The van der Waals surface area contributed by atoms with Gasteiger partial charge < -0.3 is 21.5 Å². The van der Waals surface area contributed by atoms with Crippen molar-refractivity contribution in [3.63, 3.8) is 0 Å². The summed E-state index contributed by atoms with van der Waals surface area (Å²) in [5.41, 5.74) is 8.29. The Morgan fingerprint density at radius 3 is 2.61 bits per heavy atom. The molecule has 0 saturated carbocycles. The number of benzene rings is 1. The molecule has 0 bridgehead atoms.